The third-order valence-corrected chi connectivity index (χ3v) is 4.98. The van der Waals surface area contributed by atoms with Crippen molar-refractivity contribution >= 4 is 10.1 Å². The topological polar surface area (TPSA) is 76.4 Å². The van der Waals surface area contributed by atoms with E-state index in [-0.39, 0.29) is 17.4 Å². The molecule has 1 fully saturated rings. The minimum atomic E-state index is -3.79. The molecule has 0 amide bonds. The molecule has 20 heavy (non-hydrogen) atoms. The van der Waals surface area contributed by atoms with Gasteiger partial charge in [-0.15, -0.1) is 0 Å². The maximum Gasteiger partial charge on any atom is 0.296 e. The van der Waals surface area contributed by atoms with E-state index in [4.69, 9.17) is 14.2 Å². The highest BCUT2D eigenvalue weighted by atomic mass is 32.2. The van der Waals surface area contributed by atoms with Crippen molar-refractivity contribution in [1.82, 2.24) is 0 Å². The summed E-state index contributed by atoms with van der Waals surface area (Å²) in [6, 6.07) is 8.61. The first kappa shape index (κ1) is 15.0. The Hall–Kier alpha value is -1.42. The van der Waals surface area contributed by atoms with Crippen molar-refractivity contribution < 1.29 is 17.3 Å². The van der Waals surface area contributed by atoms with Crippen molar-refractivity contribution in [1.29, 1.82) is 5.26 Å². The van der Waals surface area contributed by atoms with Gasteiger partial charge in [0, 0.05) is 0 Å². The number of rotatable bonds is 5. The Bertz CT molecular complexity index is 612. The SMILES string of the molecule is Cc1ccc(S(=O)(=O)OCC2(C(C)C#N)COC2)cc1. The van der Waals surface area contributed by atoms with Crippen molar-refractivity contribution in [3.8, 4) is 6.07 Å². The lowest BCUT2D eigenvalue weighted by Crippen LogP contribution is -2.50. The summed E-state index contributed by atoms with van der Waals surface area (Å²) >= 11 is 0. The third kappa shape index (κ3) is 2.85. The first-order valence-corrected chi connectivity index (χ1v) is 7.74. The number of hydrogen-bond donors (Lipinski definition) is 0. The monoisotopic (exact) mass is 295 g/mol. The molecule has 1 aliphatic rings. The molecule has 0 aromatic heterocycles. The Morgan fingerprint density at radius 1 is 1.40 bits per heavy atom. The molecule has 1 atom stereocenters. The summed E-state index contributed by atoms with van der Waals surface area (Å²) in [6.07, 6.45) is 0. The molecule has 5 nitrogen and oxygen atoms in total. The van der Waals surface area contributed by atoms with E-state index in [1.165, 1.54) is 12.1 Å². The Labute approximate surface area is 119 Å². The summed E-state index contributed by atoms with van der Waals surface area (Å²) in [5.74, 6) is -0.315. The van der Waals surface area contributed by atoms with Crippen LogP contribution >= 0.6 is 0 Å². The summed E-state index contributed by atoms with van der Waals surface area (Å²) in [7, 11) is -3.79. The van der Waals surface area contributed by atoms with Crippen LogP contribution in [0.15, 0.2) is 29.2 Å². The molecule has 0 aliphatic carbocycles. The van der Waals surface area contributed by atoms with Crippen LogP contribution in [0.5, 0.6) is 0 Å². The minimum absolute atomic E-state index is 0.0298. The Morgan fingerprint density at radius 2 is 2.00 bits per heavy atom. The van der Waals surface area contributed by atoms with Crippen LogP contribution in [0.25, 0.3) is 0 Å². The van der Waals surface area contributed by atoms with Gasteiger partial charge in [0.2, 0.25) is 0 Å². The Morgan fingerprint density at radius 3 is 2.45 bits per heavy atom. The van der Waals surface area contributed by atoms with E-state index in [0.29, 0.717) is 13.2 Å². The number of nitriles is 1. The molecule has 1 saturated heterocycles. The van der Waals surface area contributed by atoms with Crippen molar-refractivity contribution in [3.05, 3.63) is 29.8 Å². The van der Waals surface area contributed by atoms with Gasteiger partial charge in [0.15, 0.2) is 0 Å². The van der Waals surface area contributed by atoms with Crippen LogP contribution in [0.3, 0.4) is 0 Å². The smallest absolute Gasteiger partial charge is 0.296 e. The molecule has 6 heteroatoms. The predicted molar refractivity (Wildman–Crippen MR) is 72.3 cm³/mol. The van der Waals surface area contributed by atoms with E-state index < -0.39 is 15.5 Å². The van der Waals surface area contributed by atoms with Gasteiger partial charge in [0.25, 0.3) is 10.1 Å². The lowest BCUT2D eigenvalue weighted by atomic mass is 9.76. The lowest BCUT2D eigenvalue weighted by molar-refractivity contribution is -0.148. The molecule has 2 rings (SSSR count). The third-order valence-electron chi connectivity index (χ3n) is 3.70. The second-order valence-corrected chi connectivity index (χ2v) is 6.85. The molecule has 1 aromatic rings. The van der Waals surface area contributed by atoms with Crippen LogP contribution in [-0.4, -0.2) is 28.2 Å². The fraction of sp³-hybridized carbons (Fsp3) is 0.500. The van der Waals surface area contributed by atoms with Gasteiger partial charge in [-0.25, -0.2) is 0 Å². The summed E-state index contributed by atoms with van der Waals surface area (Å²) in [6.45, 7) is 4.31. The summed E-state index contributed by atoms with van der Waals surface area (Å²) < 4.78 is 34.4. The van der Waals surface area contributed by atoms with Gasteiger partial charge in [-0.2, -0.15) is 13.7 Å². The van der Waals surface area contributed by atoms with Gasteiger partial charge in [-0.05, 0) is 26.0 Å². The second-order valence-electron chi connectivity index (χ2n) is 5.24. The van der Waals surface area contributed by atoms with Gasteiger partial charge in [-0.3, -0.25) is 4.18 Å². The lowest BCUT2D eigenvalue weighted by Gasteiger charge is -2.42. The molecule has 0 bridgehead atoms. The average Bonchev–Trinajstić information content (AvgIpc) is 2.37. The van der Waals surface area contributed by atoms with Crippen molar-refractivity contribution in [2.24, 2.45) is 11.3 Å². The molecule has 1 unspecified atom stereocenters. The van der Waals surface area contributed by atoms with Gasteiger partial charge in [0.05, 0.1) is 42.1 Å². The molecule has 0 radical (unpaired) electrons. The zero-order chi connectivity index (χ0) is 14.8. The first-order valence-electron chi connectivity index (χ1n) is 6.33. The fourth-order valence-corrected chi connectivity index (χ4v) is 2.92. The maximum absolute atomic E-state index is 12.1. The second kappa shape index (κ2) is 5.52. The predicted octanol–water partition coefficient (Wildman–Crippen LogP) is 1.88. The van der Waals surface area contributed by atoms with Crippen molar-refractivity contribution in [2.45, 2.75) is 18.7 Å². The van der Waals surface area contributed by atoms with Crippen LogP contribution in [0.4, 0.5) is 0 Å². The van der Waals surface area contributed by atoms with E-state index in [2.05, 4.69) is 6.07 Å². The van der Waals surface area contributed by atoms with Gasteiger partial charge in [0.1, 0.15) is 0 Å². The van der Waals surface area contributed by atoms with Crippen LogP contribution < -0.4 is 0 Å². The Kier molecular flexibility index (Phi) is 4.14. The normalized spacial score (nSPS) is 18.9. The van der Waals surface area contributed by atoms with E-state index in [0.717, 1.165) is 5.56 Å². The fourth-order valence-electron chi connectivity index (χ4n) is 1.93. The first-order chi connectivity index (χ1) is 9.39. The zero-order valence-electron chi connectivity index (χ0n) is 11.5. The zero-order valence-corrected chi connectivity index (χ0v) is 12.3. The van der Waals surface area contributed by atoms with E-state index >= 15 is 0 Å². The van der Waals surface area contributed by atoms with Gasteiger partial charge >= 0.3 is 0 Å². The molecular formula is C14H17NO4S. The molecule has 0 N–H and O–H groups in total. The molecule has 108 valence electrons. The minimum Gasteiger partial charge on any atom is -0.380 e. The van der Waals surface area contributed by atoms with Crippen LogP contribution in [0.2, 0.25) is 0 Å². The standard InChI is InChI=1S/C14H17NO4S/c1-11-3-5-13(6-4-11)20(16,17)19-10-14(8-18-9-14)12(2)7-15/h3-6,12H,8-10H2,1-2H3. The molecule has 1 heterocycles. The van der Waals surface area contributed by atoms with Gasteiger partial charge < -0.3 is 4.74 Å². The highest BCUT2D eigenvalue weighted by molar-refractivity contribution is 7.86. The van der Waals surface area contributed by atoms with Crippen LogP contribution in [0.1, 0.15) is 12.5 Å². The highest BCUT2D eigenvalue weighted by Gasteiger charge is 2.45. The average molecular weight is 295 g/mol. The van der Waals surface area contributed by atoms with Crippen molar-refractivity contribution in [2.75, 3.05) is 19.8 Å². The number of ether oxygens (including phenoxy) is 1. The number of aryl methyl sites for hydroxylation is 1. The molecule has 1 aromatic carbocycles. The summed E-state index contributed by atoms with van der Waals surface area (Å²) in [5.41, 5.74) is 0.456. The molecular weight excluding hydrogens is 278 g/mol. The van der Waals surface area contributed by atoms with Crippen LogP contribution in [-0.2, 0) is 19.0 Å². The number of benzene rings is 1. The van der Waals surface area contributed by atoms with E-state index in [1.54, 1.807) is 19.1 Å². The number of nitrogens with zero attached hydrogens (tertiary/aromatic N) is 1. The number of hydrogen-bond acceptors (Lipinski definition) is 5. The molecule has 1 aliphatic heterocycles. The highest BCUT2D eigenvalue weighted by Crippen LogP contribution is 2.36. The quantitative estimate of drug-likeness (QED) is 0.775. The Balaban J connectivity index is 2.10. The van der Waals surface area contributed by atoms with Gasteiger partial charge in [-0.1, -0.05) is 17.7 Å². The molecule has 0 saturated carbocycles. The van der Waals surface area contributed by atoms with Crippen molar-refractivity contribution in [3.63, 3.8) is 0 Å². The van der Waals surface area contributed by atoms with E-state index in [9.17, 15) is 8.42 Å². The maximum atomic E-state index is 12.1. The van der Waals surface area contributed by atoms with E-state index in [1.807, 2.05) is 6.92 Å². The largest absolute Gasteiger partial charge is 0.380 e. The summed E-state index contributed by atoms with van der Waals surface area (Å²) in [4.78, 5) is 0.128. The molecule has 0 spiro atoms. The summed E-state index contributed by atoms with van der Waals surface area (Å²) in [5, 5.41) is 9.00. The van der Waals surface area contributed by atoms with Crippen LogP contribution in [0, 0.1) is 29.6 Å².